The van der Waals surface area contributed by atoms with E-state index in [0.29, 0.717) is 40.7 Å². The summed E-state index contributed by atoms with van der Waals surface area (Å²) in [5.74, 6) is 1.27. The van der Waals surface area contributed by atoms with Crippen LogP contribution in [-0.4, -0.2) is 39.2 Å². The minimum atomic E-state index is -0.301. The maximum atomic E-state index is 12.6. The number of nitrogens with zero attached hydrogens (tertiary/aromatic N) is 1. The lowest BCUT2D eigenvalue weighted by Gasteiger charge is -2.29. The zero-order chi connectivity index (χ0) is 19.4. The molecule has 142 valence electrons. The first-order valence-corrected chi connectivity index (χ1v) is 8.67. The summed E-state index contributed by atoms with van der Waals surface area (Å²) < 4.78 is 15.9. The third kappa shape index (κ3) is 3.97. The molecular weight excluding hydrogens is 348 g/mol. The van der Waals surface area contributed by atoms with E-state index in [2.05, 4.69) is 5.32 Å². The number of hydrogen-bond donors (Lipinski definition) is 1. The second kappa shape index (κ2) is 7.99. The third-order valence-corrected chi connectivity index (χ3v) is 4.22. The van der Waals surface area contributed by atoms with E-state index in [0.717, 1.165) is 6.42 Å². The van der Waals surface area contributed by atoms with E-state index in [9.17, 15) is 9.59 Å². The molecule has 1 aliphatic rings. The molecule has 3 rings (SSSR count). The van der Waals surface area contributed by atoms with Crippen LogP contribution in [0.5, 0.6) is 17.2 Å². The molecule has 0 saturated heterocycles. The zero-order valence-electron chi connectivity index (χ0n) is 15.6. The fourth-order valence-electron chi connectivity index (χ4n) is 2.89. The van der Waals surface area contributed by atoms with Crippen LogP contribution in [0.2, 0.25) is 0 Å². The normalized spacial score (nSPS) is 12.9. The van der Waals surface area contributed by atoms with E-state index in [-0.39, 0.29) is 18.4 Å². The van der Waals surface area contributed by atoms with Crippen LogP contribution in [0.4, 0.5) is 11.4 Å². The molecule has 2 aromatic rings. The molecule has 0 aromatic heterocycles. The van der Waals surface area contributed by atoms with Gasteiger partial charge < -0.3 is 24.4 Å². The average Bonchev–Trinajstić information content (AvgIpc) is 2.69. The van der Waals surface area contributed by atoms with Gasteiger partial charge in [0.15, 0.2) is 6.61 Å². The van der Waals surface area contributed by atoms with Crippen molar-refractivity contribution in [3.05, 3.63) is 42.0 Å². The van der Waals surface area contributed by atoms with Crippen molar-refractivity contribution in [1.29, 1.82) is 0 Å². The van der Waals surface area contributed by atoms with E-state index >= 15 is 0 Å². The lowest BCUT2D eigenvalue weighted by molar-refractivity contribution is -0.121. The standard InChI is InChI=1S/C20H22N2O5/c1-4-7-22-17-6-5-14(10-18(17)27-12-19(22)23)21-20(24)13-8-15(25-2)11-16(9-13)26-3/h5-6,8-11H,4,7,12H2,1-3H3,(H,21,24). The number of ether oxygens (including phenoxy) is 3. The molecule has 0 fully saturated rings. The number of benzene rings is 2. The van der Waals surface area contributed by atoms with Crippen molar-refractivity contribution in [2.75, 3.05) is 37.6 Å². The van der Waals surface area contributed by atoms with Gasteiger partial charge in [-0.05, 0) is 30.7 Å². The minimum absolute atomic E-state index is 0.00250. The van der Waals surface area contributed by atoms with Crippen molar-refractivity contribution in [2.45, 2.75) is 13.3 Å². The van der Waals surface area contributed by atoms with Crippen molar-refractivity contribution < 1.29 is 23.8 Å². The monoisotopic (exact) mass is 370 g/mol. The number of nitrogens with one attached hydrogen (secondary N) is 1. The van der Waals surface area contributed by atoms with Gasteiger partial charge in [0.1, 0.15) is 17.2 Å². The second-order valence-corrected chi connectivity index (χ2v) is 6.07. The van der Waals surface area contributed by atoms with Crippen LogP contribution in [0.1, 0.15) is 23.7 Å². The highest BCUT2D eigenvalue weighted by Gasteiger charge is 2.25. The number of methoxy groups -OCH3 is 2. The van der Waals surface area contributed by atoms with Crippen LogP contribution in [0.25, 0.3) is 0 Å². The number of anilines is 2. The highest BCUT2D eigenvalue weighted by atomic mass is 16.5. The molecule has 1 N–H and O–H groups in total. The van der Waals surface area contributed by atoms with Crippen molar-refractivity contribution in [2.24, 2.45) is 0 Å². The Balaban J connectivity index is 1.82. The minimum Gasteiger partial charge on any atom is -0.497 e. The van der Waals surface area contributed by atoms with Gasteiger partial charge in [-0.1, -0.05) is 6.92 Å². The van der Waals surface area contributed by atoms with Crippen LogP contribution in [0, 0.1) is 0 Å². The van der Waals surface area contributed by atoms with Crippen molar-refractivity contribution in [3.8, 4) is 17.2 Å². The third-order valence-electron chi connectivity index (χ3n) is 4.22. The predicted octanol–water partition coefficient (Wildman–Crippen LogP) is 3.09. The summed E-state index contributed by atoms with van der Waals surface area (Å²) in [7, 11) is 3.06. The Labute approximate surface area is 157 Å². The van der Waals surface area contributed by atoms with E-state index in [1.807, 2.05) is 6.92 Å². The topological polar surface area (TPSA) is 77.1 Å². The maximum Gasteiger partial charge on any atom is 0.265 e. The molecule has 0 spiro atoms. The molecule has 0 aliphatic carbocycles. The van der Waals surface area contributed by atoms with E-state index in [4.69, 9.17) is 14.2 Å². The summed E-state index contributed by atoms with van der Waals surface area (Å²) in [6.07, 6.45) is 0.849. The van der Waals surface area contributed by atoms with Gasteiger partial charge in [-0.25, -0.2) is 0 Å². The molecule has 7 heteroatoms. The molecule has 7 nitrogen and oxygen atoms in total. The van der Waals surface area contributed by atoms with E-state index < -0.39 is 0 Å². The van der Waals surface area contributed by atoms with Crippen LogP contribution in [0.3, 0.4) is 0 Å². The van der Waals surface area contributed by atoms with E-state index in [1.54, 1.807) is 41.3 Å². The summed E-state index contributed by atoms with van der Waals surface area (Å²) in [6, 6.07) is 10.2. The lowest BCUT2D eigenvalue weighted by atomic mass is 10.1. The smallest absolute Gasteiger partial charge is 0.265 e. The Bertz CT molecular complexity index is 843. The van der Waals surface area contributed by atoms with Gasteiger partial charge in [0.25, 0.3) is 11.8 Å². The van der Waals surface area contributed by atoms with Crippen molar-refractivity contribution >= 4 is 23.2 Å². The molecule has 2 aromatic carbocycles. The first-order chi connectivity index (χ1) is 13.0. The first-order valence-electron chi connectivity index (χ1n) is 8.67. The molecule has 0 saturated carbocycles. The SMILES string of the molecule is CCCN1C(=O)COc2cc(NC(=O)c3cc(OC)cc(OC)c3)ccc21. The average molecular weight is 370 g/mol. The summed E-state index contributed by atoms with van der Waals surface area (Å²) in [6.45, 7) is 2.64. The summed E-state index contributed by atoms with van der Waals surface area (Å²) in [5.41, 5.74) is 1.70. The Hall–Kier alpha value is -3.22. The van der Waals surface area contributed by atoms with Crippen LogP contribution < -0.4 is 24.4 Å². The Morgan fingerprint density at radius 1 is 1.15 bits per heavy atom. The second-order valence-electron chi connectivity index (χ2n) is 6.07. The highest BCUT2D eigenvalue weighted by Crippen LogP contribution is 2.35. The van der Waals surface area contributed by atoms with Crippen molar-refractivity contribution in [3.63, 3.8) is 0 Å². The van der Waals surface area contributed by atoms with Gasteiger partial charge in [0, 0.05) is 29.9 Å². The number of amides is 2. The number of fused-ring (bicyclic) bond motifs is 1. The lowest BCUT2D eigenvalue weighted by Crippen LogP contribution is -2.39. The van der Waals surface area contributed by atoms with Crippen LogP contribution in [-0.2, 0) is 4.79 Å². The molecule has 0 radical (unpaired) electrons. The number of rotatable bonds is 6. The first kappa shape index (κ1) is 18.6. The highest BCUT2D eigenvalue weighted by molar-refractivity contribution is 6.05. The van der Waals surface area contributed by atoms with Gasteiger partial charge in [-0.2, -0.15) is 0 Å². The fraction of sp³-hybridized carbons (Fsp3) is 0.300. The maximum absolute atomic E-state index is 12.6. The molecule has 1 heterocycles. The number of carbonyl (C=O) groups is 2. The van der Waals surface area contributed by atoms with Gasteiger partial charge >= 0.3 is 0 Å². The molecular formula is C20H22N2O5. The van der Waals surface area contributed by atoms with Gasteiger partial charge in [0.05, 0.1) is 19.9 Å². The quantitative estimate of drug-likeness (QED) is 0.846. The van der Waals surface area contributed by atoms with Gasteiger partial charge in [-0.3, -0.25) is 9.59 Å². The van der Waals surface area contributed by atoms with Crippen molar-refractivity contribution in [1.82, 2.24) is 0 Å². The van der Waals surface area contributed by atoms with Gasteiger partial charge in [0.2, 0.25) is 0 Å². The summed E-state index contributed by atoms with van der Waals surface area (Å²) in [4.78, 5) is 26.3. The molecule has 0 atom stereocenters. The summed E-state index contributed by atoms with van der Waals surface area (Å²) in [5, 5.41) is 2.84. The predicted molar refractivity (Wildman–Crippen MR) is 102 cm³/mol. The molecule has 2 amide bonds. The Morgan fingerprint density at radius 2 is 1.85 bits per heavy atom. The number of carbonyl (C=O) groups excluding carboxylic acids is 2. The largest absolute Gasteiger partial charge is 0.497 e. The molecule has 0 unspecified atom stereocenters. The van der Waals surface area contributed by atoms with Crippen LogP contribution in [0.15, 0.2) is 36.4 Å². The van der Waals surface area contributed by atoms with E-state index in [1.165, 1.54) is 14.2 Å². The van der Waals surface area contributed by atoms with Crippen LogP contribution >= 0.6 is 0 Å². The zero-order valence-corrected chi connectivity index (χ0v) is 15.6. The molecule has 1 aliphatic heterocycles. The Morgan fingerprint density at radius 3 is 2.48 bits per heavy atom. The molecule has 0 bridgehead atoms. The van der Waals surface area contributed by atoms with Gasteiger partial charge in [-0.15, -0.1) is 0 Å². The molecule has 27 heavy (non-hydrogen) atoms. The fourth-order valence-corrected chi connectivity index (χ4v) is 2.89. The summed E-state index contributed by atoms with van der Waals surface area (Å²) >= 11 is 0. The number of hydrogen-bond acceptors (Lipinski definition) is 5. The Kier molecular flexibility index (Phi) is 5.49.